The highest BCUT2D eigenvalue weighted by Gasteiger charge is 2.09. The van der Waals surface area contributed by atoms with E-state index in [9.17, 15) is 8.78 Å². The lowest BCUT2D eigenvalue weighted by Gasteiger charge is -2.12. The Kier molecular flexibility index (Phi) is 4.60. The van der Waals surface area contributed by atoms with E-state index in [0.29, 0.717) is 5.95 Å². The third-order valence-corrected chi connectivity index (χ3v) is 3.39. The molecule has 3 aromatic rings. The van der Waals surface area contributed by atoms with Crippen LogP contribution >= 0.6 is 0 Å². The number of rotatable bonds is 5. The predicted molar refractivity (Wildman–Crippen MR) is 92.3 cm³/mol. The zero-order chi connectivity index (χ0) is 18.0. The second kappa shape index (κ2) is 6.84. The molecule has 2 aromatic heterocycles. The molecule has 1 aromatic carbocycles. The normalized spacial score (nSPS) is 11.0. The van der Waals surface area contributed by atoms with Crippen molar-refractivity contribution in [1.29, 1.82) is 0 Å². The van der Waals surface area contributed by atoms with Gasteiger partial charge in [0.2, 0.25) is 5.95 Å². The van der Waals surface area contributed by atoms with Crippen LogP contribution < -0.4 is 10.6 Å². The van der Waals surface area contributed by atoms with Crippen LogP contribution in [0.15, 0.2) is 36.8 Å². The Morgan fingerprint density at radius 1 is 1.04 bits per heavy atom. The molecule has 6 nitrogen and oxygen atoms in total. The zero-order valence-electron chi connectivity index (χ0n) is 14.1. The number of benzene rings is 1. The Labute approximate surface area is 143 Å². The van der Waals surface area contributed by atoms with Gasteiger partial charge in [-0.3, -0.25) is 4.98 Å². The van der Waals surface area contributed by atoms with E-state index in [0.717, 1.165) is 23.1 Å². The van der Waals surface area contributed by atoms with Gasteiger partial charge in [-0.15, -0.1) is 5.10 Å². The Bertz CT molecular complexity index is 870. The number of halogens is 2. The topological polar surface area (TPSA) is 67.7 Å². The van der Waals surface area contributed by atoms with Crippen molar-refractivity contribution in [3.8, 4) is 5.69 Å². The minimum absolute atomic E-state index is 0.253. The molecule has 3 rings (SSSR count). The Morgan fingerprint density at radius 3 is 2.44 bits per heavy atom. The molecule has 0 fully saturated rings. The molecule has 8 heteroatoms. The summed E-state index contributed by atoms with van der Waals surface area (Å²) in [4.78, 5) is 8.46. The van der Waals surface area contributed by atoms with Crippen molar-refractivity contribution >= 4 is 17.3 Å². The van der Waals surface area contributed by atoms with Gasteiger partial charge in [0.15, 0.2) is 0 Å². The number of pyridine rings is 1. The lowest BCUT2D eigenvalue weighted by molar-refractivity contribution is 0.580. The molecule has 0 amide bonds. The summed E-state index contributed by atoms with van der Waals surface area (Å²) >= 11 is 0. The second-order valence-electron chi connectivity index (χ2n) is 5.92. The maximum atomic E-state index is 13.3. The maximum Gasteiger partial charge on any atom is 0.247 e. The van der Waals surface area contributed by atoms with E-state index < -0.39 is 11.6 Å². The van der Waals surface area contributed by atoms with E-state index in [4.69, 9.17) is 0 Å². The second-order valence-corrected chi connectivity index (χ2v) is 5.92. The van der Waals surface area contributed by atoms with Gasteiger partial charge in [0, 0.05) is 12.1 Å². The van der Waals surface area contributed by atoms with Crippen LogP contribution in [0.3, 0.4) is 0 Å². The summed E-state index contributed by atoms with van der Waals surface area (Å²) in [6.07, 6.45) is 3.14. The number of hydrogen-bond donors (Lipinski definition) is 2. The number of nitrogens with one attached hydrogen (secondary N) is 2. The maximum absolute atomic E-state index is 13.3. The van der Waals surface area contributed by atoms with Gasteiger partial charge in [0.05, 0.1) is 29.0 Å². The fourth-order valence-electron chi connectivity index (χ4n) is 2.31. The van der Waals surface area contributed by atoms with Gasteiger partial charge < -0.3 is 10.6 Å². The number of hydrogen-bond acceptors (Lipinski definition) is 5. The standard InChI is InChI=1S/C17H18F2N6/c1-10(2)22-14-7-16(11(3)20-8-14)23-17-21-9-25(24-17)15-5-12(18)4-13(19)6-15/h4-10,22H,1-3H3,(H,23,24). The first kappa shape index (κ1) is 16.8. The van der Waals surface area contributed by atoms with Crippen LogP contribution in [0, 0.1) is 18.6 Å². The largest absolute Gasteiger partial charge is 0.382 e. The third kappa shape index (κ3) is 4.09. The molecule has 0 atom stereocenters. The average Bonchev–Trinajstić information content (AvgIpc) is 2.98. The molecule has 0 saturated carbocycles. The number of nitrogens with zero attached hydrogens (tertiary/aromatic N) is 4. The number of aromatic nitrogens is 4. The first-order chi connectivity index (χ1) is 11.9. The molecule has 0 bridgehead atoms. The predicted octanol–water partition coefficient (Wildman–Crippen LogP) is 3.81. The van der Waals surface area contributed by atoms with Gasteiger partial charge in [0.25, 0.3) is 0 Å². The fourth-order valence-corrected chi connectivity index (χ4v) is 2.31. The lowest BCUT2D eigenvalue weighted by Crippen LogP contribution is -2.10. The van der Waals surface area contributed by atoms with Gasteiger partial charge in [-0.1, -0.05) is 0 Å². The number of anilines is 3. The van der Waals surface area contributed by atoms with E-state index in [2.05, 4.69) is 25.7 Å². The SMILES string of the molecule is Cc1ncc(NC(C)C)cc1Nc1ncn(-c2cc(F)cc(F)c2)n1. The first-order valence-electron chi connectivity index (χ1n) is 7.79. The Morgan fingerprint density at radius 2 is 1.76 bits per heavy atom. The van der Waals surface area contributed by atoms with Gasteiger partial charge in [0.1, 0.15) is 18.0 Å². The smallest absolute Gasteiger partial charge is 0.247 e. The van der Waals surface area contributed by atoms with Crippen molar-refractivity contribution in [2.45, 2.75) is 26.8 Å². The van der Waals surface area contributed by atoms with E-state index in [1.54, 1.807) is 6.20 Å². The molecule has 0 unspecified atom stereocenters. The quantitative estimate of drug-likeness (QED) is 0.737. The van der Waals surface area contributed by atoms with Crippen LogP contribution in [-0.4, -0.2) is 25.8 Å². The van der Waals surface area contributed by atoms with Crippen LogP contribution in [0.5, 0.6) is 0 Å². The van der Waals surface area contributed by atoms with E-state index in [1.165, 1.54) is 23.1 Å². The van der Waals surface area contributed by atoms with Crippen LogP contribution in [0.4, 0.5) is 26.1 Å². The van der Waals surface area contributed by atoms with Crippen LogP contribution in [0.2, 0.25) is 0 Å². The molecule has 0 spiro atoms. The Hall–Kier alpha value is -3.03. The molecule has 130 valence electrons. The van der Waals surface area contributed by atoms with Crippen LogP contribution in [-0.2, 0) is 0 Å². The minimum Gasteiger partial charge on any atom is -0.382 e. The van der Waals surface area contributed by atoms with Gasteiger partial charge in [-0.05, 0) is 39.0 Å². The highest BCUT2D eigenvalue weighted by molar-refractivity contribution is 5.62. The molecular weight excluding hydrogens is 326 g/mol. The van der Waals surface area contributed by atoms with Crippen molar-refractivity contribution in [1.82, 2.24) is 19.7 Å². The van der Waals surface area contributed by atoms with Crippen molar-refractivity contribution in [2.24, 2.45) is 0 Å². The highest BCUT2D eigenvalue weighted by atomic mass is 19.1. The molecule has 0 radical (unpaired) electrons. The summed E-state index contributed by atoms with van der Waals surface area (Å²) < 4.78 is 28.0. The van der Waals surface area contributed by atoms with E-state index in [1.807, 2.05) is 26.8 Å². The van der Waals surface area contributed by atoms with E-state index in [-0.39, 0.29) is 11.7 Å². The monoisotopic (exact) mass is 344 g/mol. The third-order valence-electron chi connectivity index (χ3n) is 3.39. The lowest BCUT2D eigenvalue weighted by atomic mass is 10.2. The molecule has 0 saturated heterocycles. The number of aryl methyl sites for hydroxylation is 1. The summed E-state index contributed by atoms with van der Waals surface area (Å²) in [7, 11) is 0. The van der Waals surface area contributed by atoms with E-state index >= 15 is 0 Å². The van der Waals surface area contributed by atoms with Crippen molar-refractivity contribution in [3.63, 3.8) is 0 Å². The minimum atomic E-state index is -0.674. The summed E-state index contributed by atoms with van der Waals surface area (Å²) in [5, 5.41) is 10.5. The first-order valence-corrected chi connectivity index (χ1v) is 7.79. The van der Waals surface area contributed by atoms with Gasteiger partial charge in [-0.2, -0.15) is 4.98 Å². The Balaban J connectivity index is 1.84. The fraction of sp³-hybridized carbons (Fsp3) is 0.235. The average molecular weight is 344 g/mol. The van der Waals surface area contributed by atoms with Crippen molar-refractivity contribution in [3.05, 3.63) is 54.1 Å². The van der Waals surface area contributed by atoms with Crippen molar-refractivity contribution in [2.75, 3.05) is 10.6 Å². The molecule has 0 aliphatic heterocycles. The summed E-state index contributed by atoms with van der Waals surface area (Å²) in [5.74, 6) is -1.05. The van der Waals surface area contributed by atoms with Crippen LogP contribution in [0.25, 0.3) is 5.69 Å². The summed E-state index contributed by atoms with van der Waals surface area (Å²) in [6, 6.07) is 5.35. The van der Waals surface area contributed by atoms with Crippen molar-refractivity contribution < 1.29 is 8.78 Å². The highest BCUT2D eigenvalue weighted by Crippen LogP contribution is 2.21. The zero-order valence-corrected chi connectivity index (χ0v) is 14.1. The summed E-state index contributed by atoms with van der Waals surface area (Å²) in [5.41, 5.74) is 2.65. The molecule has 25 heavy (non-hydrogen) atoms. The van der Waals surface area contributed by atoms with Gasteiger partial charge in [-0.25, -0.2) is 13.5 Å². The molecule has 0 aliphatic carbocycles. The van der Waals surface area contributed by atoms with Crippen LogP contribution in [0.1, 0.15) is 19.5 Å². The molecule has 0 aliphatic rings. The summed E-state index contributed by atoms with van der Waals surface area (Å²) in [6.45, 7) is 5.93. The molecular formula is C17H18F2N6. The van der Waals surface area contributed by atoms with Gasteiger partial charge >= 0.3 is 0 Å². The molecule has 2 heterocycles. The molecule has 2 N–H and O–H groups in total.